The number of amides is 1. The van der Waals surface area contributed by atoms with Gasteiger partial charge in [0.05, 0.1) is 53.6 Å². The van der Waals surface area contributed by atoms with Crippen LogP contribution < -0.4 is 5.73 Å². The third-order valence-corrected chi connectivity index (χ3v) is 6.84. The van der Waals surface area contributed by atoms with E-state index in [2.05, 4.69) is 15.0 Å². The van der Waals surface area contributed by atoms with Crippen molar-refractivity contribution >= 4 is 28.3 Å². The van der Waals surface area contributed by atoms with Crippen LogP contribution in [-0.2, 0) is 17.5 Å². The van der Waals surface area contributed by atoms with Gasteiger partial charge in [-0.15, -0.1) is 0 Å². The summed E-state index contributed by atoms with van der Waals surface area (Å²) in [7, 11) is 0. The van der Waals surface area contributed by atoms with Gasteiger partial charge in [-0.2, -0.15) is 13.2 Å². The summed E-state index contributed by atoms with van der Waals surface area (Å²) in [6, 6.07) is 4.11. The van der Waals surface area contributed by atoms with E-state index in [1.165, 1.54) is 29.6 Å². The summed E-state index contributed by atoms with van der Waals surface area (Å²) < 4.78 is 62.4. The summed E-state index contributed by atoms with van der Waals surface area (Å²) in [4.78, 5) is 27.3. The number of nitrogen functional groups attached to an aromatic ring is 1. The first-order chi connectivity index (χ1) is 17.1. The van der Waals surface area contributed by atoms with Crippen molar-refractivity contribution in [3.63, 3.8) is 0 Å². The van der Waals surface area contributed by atoms with Gasteiger partial charge in [-0.05, 0) is 24.5 Å². The van der Waals surface area contributed by atoms with Crippen molar-refractivity contribution in [3.05, 3.63) is 65.1 Å². The highest BCUT2D eigenvalue weighted by Crippen LogP contribution is 2.42. The lowest BCUT2D eigenvalue weighted by molar-refractivity contribution is -0.141. The molecule has 0 aliphatic carbocycles. The van der Waals surface area contributed by atoms with Crippen LogP contribution in [0.4, 0.5) is 23.4 Å². The van der Waals surface area contributed by atoms with Crippen molar-refractivity contribution in [2.24, 2.45) is 5.92 Å². The molecule has 5 heterocycles. The number of pyridine rings is 1. The number of likely N-dealkylation sites (tertiary alicyclic amines) is 1. The van der Waals surface area contributed by atoms with Crippen LogP contribution >= 0.6 is 0 Å². The molecule has 0 unspecified atom stereocenters. The van der Waals surface area contributed by atoms with Crippen LogP contribution in [0.15, 0.2) is 36.8 Å². The van der Waals surface area contributed by atoms with Crippen molar-refractivity contribution in [2.75, 3.05) is 12.3 Å². The van der Waals surface area contributed by atoms with E-state index in [1.807, 2.05) is 6.92 Å². The summed E-state index contributed by atoms with van der Waals surface area (Å²) in [5.74, 6) is -1.18. The smallest absolute Gasteiger partial charge is 0.382 e. The molecule has 12 heteroatoms. The van der Waals surface area contributed by atoms with E-state index in [4.69, 9.17) is 10.5 Å². The van der Waals surface area contributed by atoms with Crippen LogP contribution in [0.5, 0.6) is 0 Å². The lowest BCUT2D eigenvalue weighted by atomic mass is 9.84. The summed E-state index contributed by atoms with van der Waals surface area (Å²) in [6.45, 7) is 2.13. The molecule has 1 amide bonds. The molecule has 0 saturated carbocycles. The third kappa shape index (κ3) is 3.47. The van der Waals surface area contributed by atoms with E-state index in [-0.39, 0.29) is 41.7 Å². The number of carbonyl (C=O) groups excluding carboxylic acids is 1. The Morgan fingerprint density at radius 2 is 2.00 bits per heavy atom. The normalized spacial score (nSPS) is 22.0. The molecule has 2 aliphatic rings. The Morgan fingerprint density at radius 1 is 1.19 bits per heavy atom. The molecular formula is C24H20F4N6O2. The van der Waals surface area contributed by atoms with Gasteiger partial charge in [0.1, 0.15) is 22.8 Å². The number of hydrogen-bond donors (Lipinski definition) is 1. The highest BCUT2D eigenvalue weighted by atomic mass is 19.4. The number of nitrogens with two attached hydrogens (primary N) is 1. The Labute approximate surface area is 201 Å². The maximum atomic E-state index is 15.3. The Morgan fingerprint density at radius 3 is 2.78 bits per heavy atom. The lowest BCUT2D eigenvalue weighted by Gasteiger charge is -2.46. The Balaban J connectivity index is 1.46. The Hall–Kier alpha value is -3.80. The van der Waals surface area contributed by atoms with Crippen molar-refractivity contribution in [3.8, 4) is 0 Å². The molecule has 0 radical (unpaired) electrons. The summed E-state index contributed by atoms with van der Waals surface area (Å²) in [6.07, 6.45) is -1.44. The molecule has 6 rings (SSSR count). The molecule has 2 aliphatic heterocycles. The van der Waals surface area contributed by atoms with E-state index < -0.39 is 35.7 Å². The summed E-state index contributed by atoms with van der Waals surface area (Å²) >= 11 is 0. The number of rotatable bonds is 1. The molecule has 1 saturated heterocycles. The van der Waals surface area contributed by atoms with Gasteiger partial charge >= 0.3 is 6.18 Å². The first kappa shape index (κ1) is 22.7. The number of nitrogens with zero attached hydrogens (tertiary/aromatic N) is 5. The van der Waals surface area contributed by atoms with Gasteiger partial charge in [0.2, 0.25) is 0 Å². The number of alkyl halides is 3. The van der Waals surface area contributed by atoms with Gasteiger partial charge in [-0.3, -0.25) is 9.20 Å². The van der Waals surface area contributed by atoms with Gasteiger partial charge in [0.15, 0.2) is 0 Å². The van der Waals surface area contributed by atoms with Gasteiger partial charge in [0.25, 0.3) is 5.91 Å². The van der Waals surface area contributed by atoms with E-state index >= 15 is 4.39 Å². The zero-order valence-electron chi connectivity index (χ0n) is 19.0. The van der Waals surface area contributed by atoms with E-state index in [9.17, 15) is 18.0 Å². The zero-order chi connectivity index (χ0) is 25.4. The topological polar surface area (TPSA) is 98.6 Å². The highest BCUT2D eigenvalue weighted by molar-refractivity contribution is 5.99. The van der Waals surface area contributed by atoms with Gasteiger partial charge in [-0.25, -0.2) is 19.3 Å². The van der Waals surface area contributed by atoms with Crippen LogP contribution in [0.25, 0.3) is 16.6 Å². The number of carbonyl (C=O) groups is 1. The standard InChI is InChI=1S/C24H20F4N6O2/c1-11-4-19-21(12-2-3-20(24(26,27)28)31-16(12)9-36-19)33(8-11)23(35)13-5-17-15(6-14(13)25)32-22(29)18-7-30-10-34(17)18/h2-3,5-7,10-11,19,21H,4,8-9H2,1H3,(H2,29,32)/t11-,19+,21+/m1/s1. The molecule has 1 fully saturated rings. The fourth-order valence-corrected chi connectivity index (χ4v) is 5.24. The third-order valence-electron chi connectivity index (χ3n) is 6.84. The van der Waals surface area contributed by atoms with Crippen LogP contribution in [0.3, 0.4) is 0 Å². The molecule has 4 aromatic rings. The molecule has 186 valence electrons. The largest absolute Gasteiger partial charge is 0.433 e. The lowest BCUT2D eigenvalue weighted by Crippen LogP contribution is -2.51. The first-order valence-corrected chi connectivity index (χ1v) is 11.3. The Kier molecular flexibility index (Phi) is 4.94. The fourth-order valence-electron chi connectivity index (χ4n) is 5.24. The molecular weight excluding hydrogens is 480 g/mol. The van der Waals surface area contributed by atoms with Crippen molar-refractivity contribution in [1.29, 1.82) is 0 Å². The number of benzene rings is 1. The number of piperidine rings is 1. The van der Waals surface area contributed by atoms with Crippen molar-refractivity contribution in [2.45, 2.75) is 38.3 Å². The molecule has 8 nitrogen and oxygen atoms in total. The monoisotopic (exact) mass is 500 g/mol. The second kappa shape index (κ2) is 7.85. The van der Waals surface area contributed by atoms with E-state index in [0.717, 1.165) is 12.1 Å². The molecule has 36 heavy (non-hydrogen) atoms. The summed E-state index contributed by atoms with van der Waals surface area (Å²) in [5.41, 5.74) is 6.54. The van der Waals surface area contributed by atoms with Crippen molar-refractivity contribution < 1.29 is 27.1 Å². The number of ether oxygens (including phenoxy) is 1. The highest BCUT2D eigenvalue weighted by Gasteiger charge is 2.44. The molecule has 1 aromatic carbocycles. The van der Waals surface area contributed by atoms with Gasteiger partial charge in [-0.1, -0.05) is 13.0 Å². The molecule has 2 N–H and O–H groups in total. The number of halogens is 4. The minimum Gasteiger partial charge on any atom is -0.382 e. The predicted octanol–water partition coefficient (Wildman–Crippen LogP) is 4.14. The van der Waals surface area contributed by atoms with E-state index in [1.54, 1.807) is 4.40 Å². The second-order valence-electron chi connectivity index (χ2n) is 9.29. The fraction of sp³-hybridized carbons (Fsp3) is 0.333. The zero-order valence-corrected chi connectivity index (χ0v) is 19.0. The van der Waals surface area contributed by atoms with Crippen LogP contribution in [0.1, 0.15) is 46.7 Å². The summed E-state index contributed by atoms with van der Waals surface area (Å²) in [5, 5.41) is 0. The first-order valence-electron chi connectivity index (χ1n) is 11.3. The minimum absolute atomic E-state index is 0.0319. The van der Waals surface area contributed by atoms with Crippen molar-refractivity contribution in [1.82, 2.24) is 24.3 Å². The molecule has 3 atom stereocenters. The van der Waals surface area contributed by atoms with Gasteiger partial charge in [0, 0.05) is 18.2 Å². The predicted molar refractivity (Wildman–Crippen MR) is 120 cm³/mol. The number of imidazole rings is 1. The number of anilines is 1. The number of aromatic nitrogens is 4. The van der Waals surface area contributed by atoms with Gasteiger partial charge < -0.3 is 15.4 Å². The van der Waals surface area contributed by atoms with Crippen LogP contribution in [0.2, 0.25) is 0 Å². The molecule has 0 bridgehead atoms. The second-order valence-corrected chi connectivity index (χ2v) is 9.29. The SMILES string of the molecule is C[C@@H]1C[C@@H]2OCc3nc(C(F)(F)F)ccc3[C@@H]2N(C(=O)c2cc3c(cc2F)nc(N)c2cncn23)C1. The molecule has 0 spiro atoms. The van der Waals surface area contributed by atoms with Crippen LogP contribution in [-0.4, -0.2) is 42.8 Å². The maximum absolute atomic E-state index is 15.3. The average Bonchev–Trinajstić information content (AvgIpc) is 3.32. The Bertz CT molecular complexity index is 1530. The van der Waals surface area contributed by atoms with Crippen LogP contribution in [0, 0.1) is 11.7 Å². The van der Waals surface area contributed by atoms with E-state index in [0.29, 0.717) is 23.0 Å². The molecule has 3 aromatic heterocycles. The number of fused-ring (bicyclic) bond motifs is 6. The quantitative estimate of drug-likeness (QED) is 0.395. The average molecular weight is 500 g/mol. The maximum Gasteiger partial charge on any atom is 0.433 e. The minimum atomic E-state index is -4.60. The number of hydrogen-bond acceptors (Lipinski definition) is 6.